The predicted molar refractivity (Wildman–Crippen MR) is 68.4 cm³/mol. The summed E-state index contributed by atoms with van der Waals surface area (Å²) in [4.78, 5) is 55.2. The Morgan fingerprint density at radius 1 is 0.913 bits per heavy atom. The van der Waals surface area contributed by atoms with Gasteiger partial charge in [-0.05, 0) is 0 Å². The van der Waals surface area contributed by atoms with E-state index in [4.69, 9.17) is 15.3 Å². The summed E-state index contributed by atoms with van der Waals surface area (Å²) in [5.41, 5.74) is 0. The first-order valence-electron chi connectivity index (χ1n) is 6.18. The number of ether oxygens (including phenoxy) is 3. The zero-order valence-electron chi connectivity index (χ0n) is 12.3. The average Bonchev–Trinajstić information content (AvgIpc) is 2.41. The van der Waals surface area contributed by atoms with E-state index in [1.807, 2.05) is 0 Å². The molecule has 0 aliphatic rings. The van der Waals surface area contributed by atoms with Crippen molar-refractivity contribution in [3.05, 3.63) is 0 Å². The Kier molecular flexibility index (Phi) is 8.26. The third kappa shape index (κ3) is 7.22. The summed E-state index contributed by atoms with van der Waals surface area (Å²) in [7, 11) is 0.932. The number of carboxylic acids is 3. The van der Waals surface area contributed by atoms with Crippen molar-refractivity contribution in [3.63, 3.8) is 0 Å². The first-order valence-corrected chi connectivity index (χ1v) is 6.18. The maximum Gasteiger partial charge on any atom is 0.351 e. The van der Waals surface area contributed by atoms with E-state index in [2.05, 4.69) is 14.2 Å². The number of hydrogen-bond donors (Lipinski definition) is 3. The molecule has 11 heteroatoms. The van der Waals surface area contributed by atoms with Crippen molar-refractivity contribution in [1.82, 2.24) is 0 Å². The maximum atomic E-state index is 11.9. The van der Waals surface area contributed by atoms with Gasteiger partial charge >= 0.3 is 29.8 Å². The summed E-state index contributed by atoms with van der Waals surface area (Å²) >= 11 is 0. The molecule has 0 aromatic rings. The summed E-state index contributed by atoms with van der Waals surface area (Å²) in [6, 6.07) is 0. The van der Waals surface area contributed by atoms with Gasteiger partial charge in [0.05, 0.1) is 0 Å². The minimum atomic E-state index is -2.04. The van der Waals surface area contributed by atoms with Crippen LogP contribution < -0.4 is 0 Å². The molecular formula is C12H16O11. The second-order valence-corrected chi connectivity index (χ2v) is 4.22. The van der Waals surface area contributed by atoms with Crippen LogP contribution in [0.15, 0.2) is 0 Å². The highest BCUT2D eigenvalue weighted by molar-refractivity contribution is 5.88. The smallest absolute Gasteiger partial charge is 0.351 e. The van der Waals surface area contributed by atoms with E-state index in [0.717, 1.165) is 14.0 Å². The Bertz CT molecular complexity index is 483. The molecule has 0 bridgehead atoms. The minimum absolute atomic E-state index is 0.548. The Labute approximate surface area is 129 Å². The van der Waals surface area contributed by atoms with Crippen LogP contribution in [0, 0.1) is 0 Å². The normalized spacial score (nSPS) is 14.2. The summed E-state index contributed by atoms with van der Waals surface area (Å²) < 4.78 is 13.6. The van der Waals surface area contributed by atoms with Crippen LogP contribution in [0.5, 0.6) is 0 Å². The van der Waals surface area contributed by atoms with E-state index >= 15 is 0 Å². The van der Waals surface area contributed by atoms with Crippen molar-refractivity contribution in [2.75, 3.05) is 7.11 Å². The first kappa shape index (κ1) is 20.3. The van der Waals surface area contributed by atoms with Crippen molar-refractivity contribution in [2.45, 2.75) is 38.1 Å². The fraction of sp³-hybridized carbons (Fsp3) is 0.583. The number of esters is 2. The lowest BCUT2D eigenvalue weighted by atomic mass is 10.1. The molecular weight excluding hydrogens is 320 g/mol. The number of aliphatic carboxylic acids is 3. The molecule has 0 heterocycles. The van der Waals surface area contributed by atoms with Crippen LogP contribution in [0.4, 0.5) is 0 Å². The van der Waals surface area contributed by atoms with Gasteiger partial charge in [-0.2, -0.15) is 0 Å². The van der Waals surface area contributed by atoms with Crippen molar-refractivity contribution >= 4 is 29.8 Å². The second kappa shape index (κ2) is 9.35. The van der Waals surface area contributed by atoms with Crippen molar-refractivity contribution in [3.8, 4) is 0 Å². The van der Waals surface area contributed by atoms with Gasteiger partial charge in [-0.1, -0.05) is 0 Å². The molecule has 0 amide bonds. The summed E-state index contributed by atoms with van der Waals surface area (Å²) in [5.74, 6) is -7.09. The average molecular weight is 336 g/mol. The number of carbonyl (C=O) groups excluding carboxylic acids is 2. The third-order valence-electron chi connectivity index (χ3n) is 2.45. The van der Waals surface area contributed by atoms with E-state index in [0.29, 0.717) is 0 Å². The van der Waals surface area contributed by atoms with Crippen LogP contribution in [0.25, 0.3) is 0 Å². The topological polar surface area (TPSA) is 174 Å². The standard InChI is InChI=1S/C12H16O11/c1-5(13)22-9(8(21-2)11(18)19)12(20)23-6(10(16)17)3-4-7(14)15/h6,8-9H,3-4H2,1-2H3,(H,14,15)(H,16,17)(H,18,19). The second-order valence-electron chi connectivity index (χ2n) is 4.22. The zero-order chi connectivity index (χ0) is 18.2. The highest BCUT2D eigenvalue weighted by Crippen LogP contribution is 2.12. The largest absolute Gasteiger partial charge is 0.481 e. The van der Waals surface area contributed by atoms with Gasteiger partial charge in [0.25, 0.3) is 0 Å². The van der Waals surface area contributed by atoms with E-state index in [1.165, 1.54) is 0 Å². The summed E-state index contributed by atoms with van der Waals surface area (Å²) in [6.07, 6.45) is -6.95. The molecule has 0 aliphatic heterocycles. The van der Waals surface area contributed by atoms with Gasteiger partial charge in [-0.15, -0.1) is 0 Å². The molecule has 0 aliphatic carbocycles. The fourth-order valence-electron chi connectivity index (χ4n) is 1.46. The number of carbonyl (C=O) groups is 5. The monoisotopic (exact) mass is 336 g/mol. The van der Waals surface area contributed by atoms with E-state index in [1.54, 1.807) is 0 Å². The van der Waals surface area contributed by atoms with Crippen LogP contribution in [0.3, 0.4) is 0 Å². The highest BCUT2D eigenvalue weighted by Gasteiger charge is 2.40. The lowest BCUT2D eigenvalue weighted by Crippen LogP contribution is -2.46. The number of carboxylic acid groups (broad SMARTS) is 3. The van der Waals surface area contributed by atoms with Crippen LogP contribution in [-0.4, -0.2) is 70.6 Å². The first-order chi connectivity index (χ1) is 10.6. The van der Waals surface area contributed by atoms with Crippen molar-refractivity contribution in [1.29, 1.82) is 0 Å². The molecule has 130 valence electrons. The fourth-order valence-corrected chi connectivity index (χ4v) is 1.46. The maximum absolute atomic E-state index is 11.9. The molecule has 0 fully saturated rings. The van der Waals surface area contributed by atoms with Gasteiger partial charge in [-0.3, -0.25) is 9.59 Å². The predicted octanol–water partition coefficient (Wildman–Crippen LogP) is -1.12. The van der Waals surface area contributed by atoms with Crippen LogP contribution in [0.2, 0.25) is 0 Å². The van der Waals surface area contributed by atoms with Crippen LogP contribution in [-0.2, 0) is 38.2 Å². The lowest BCUT2D eigenvalue weighted by molar-refractivity contribution is -0.188. The van der Waals surface area contributed by atoms with Gasteiger partial charge in [0.15, 0.2) is 6.10 Å². The molecule has 0 aromatic carbocycles. The van der Waals surface area contributed by atoms with Gasteiger partial charge in [0.2, 0.25) is 12.2 Å². The molecule has 0 spiro atoms. The van der Waals surface area contributed by atoms with Gasteiger partial charge in [-0.25, -0.2) is 14.4 Å². The molecule has 0 radical (unpaired) electrons. The zero-order valence-corrected chi connectivity index (χ0v) is 12.3. The van der Waals surface area contributed by atoms with E-state index in [9.17, 15) is 24.0 Å². The van der Waals surface area contributed by atoms with E-state index < -0.39 is 61.0 Å². The quantitative estimate of drug-likeness (QED) is 0.412. The van der Waals surface area contributed by atoms with Crippen molar-refractivity contribution in [2.24, 2.45) is 0 Å². The molecule has 3 N–H and O–H groups in total. The van der Waals surface area contributed by atoms with Crippen molar-refractivity contribution < 1.29 is 53.5 Å². The Balaban J connectivity index is 5.17. The minimum Gasteiger partial charge on any atom is -0.481 e. The van der Waals surface area contributed by atoms with Crippen LogP contribution in [0.1, 0.15) is 19.8 Å². The Hall–Kier alpha value is -2.69. The van der Waals surface area contributed by atoms with Crippen LogP contribution >= 0.6 is 0 Å². The molecule has 0 aromatic heterocycles. The summed E-state index contributed by atoms with van der Waals surface area (Å²) in [5, 5.41) is 26.3. The van der Waals surface area contributed by atoms with E-state index in [-0.39, 0.29) is 0 Å². The summed E-state index contributed by atoms with van der Waals surface area (Å²) in [6.45, 7) is 0.897. The molecule has 0 saturated heterocycles. The molecule has 11 nitrogen and oxygen atoms in total. The number of rotatable bonds is 10. The van der Waals surface area contributed by atoms with Gasteiger partial charge < -0.3 is 29.5 Å². The Morgan fingerprint density at radius 2 is 1.48 bits per heavy atom. The Morgan fingerprint density at radius 3 is 1.83 bits per heavy atom. The van der Waals surface area contributed by atoms with Gasteiger partial charge in [0.1, 0.15) is 0 Å². The third-order valence-corrected chi connectivity index (χ3v) is 2.45. The van der Waals surface area contributed by atoms with Gasteiger partial charge in [0, 0.05) is 26.9 Å². The lowest BCUT2D eigenvalue weighted by Gasteiger charge is -2.22. The number of hydrogen-bond acceptors (Lipinski definition) is 8. The number of methoxy groups -OCH3 is 1. The molecule has 3 unspecified atom stereocenters. The SMILES string of the molecule is COC(C(=O)O)C(OC(C)=O)C(=O)OC(CCC(=O)O)C(=O)O. The molecule has 3 atom stereocenters. The highest BCUT2D eigenvalue weighted by atomic mass is 16.6. The molecule has 23 heavy (non-hydrogen) atoms. The molecule has 0 saturated carbocycles. The molecule has 0 rings (SSSR count).